The van der Waals surface area contributed by atoms with Gasteiger partial charge in [0, 0.05) is 18.7 Å². The number of allylic oxidation sites excluding steroid dienone is 2. The molecule has 0 aromatic heterocycles. The lowest BCUT2D eigenvalue weighted by Crippen LogP contribution is -2.22. The molecule has 1 rings (SSSR count). The van der Waals surface area contributed by atoms with E-state index in [1.165, 1.54) is 6.08 Å². The van der Waals surface area contributed by atoms with E-state index in [0.717, 1.165) is 12.2 Å². The van der Waals surface area contributed by atoms with E-state index in [1.54, 1.807) is 0 Å². The molecule has 1 amide bonds. The van der Waals surface area contributed by atoms with Crippen molar-refractivity contribution in [3.05, 3.63) is 36.3 Å². The molecule has 0 bridgehead atoms. The van der Waals surface area contributed by atoms with E-state index in [4.69, 9.17) is 9.84 Å². The van der Waals surface area contributed by atoms with E-state index < -0.39 is 17.3 Å². The number of nitrogens with one attached hydrogen (secondary N) is 1. The van der Waals surface area contributed by atoms with Gasteiger partial charge >= 0.3 is 0 Å². The number of amides is 1. The van der Waals surface area contributed by atoms with Crippen molar-refractivity contribution in [2.24, 2.45) is 0 Å². The van der Waals surface area contributed by atoms with Gasteiger partial charge in [-0.2, -0.15) is 0 Å². The Morgan fingerprint density at radius 1 is 1.32 bits per heavy atom. The van der Waals surface area contributed by atoms with Crippen LogP contribution in [0.15, 0.2) is 36.3 Å². The van der Waals surface area contributed by atoms with Gasteiger partial charge in [-0.3, -0.25) is 14.4 Å². The van der Waals surface area contributed by atoms with Crippen LogP contribution in [0.3, 0.4) is 0 Å². The summed E-state index contributed by atoms with van der Waals surface area (Å²) in [6.07, 6.45) is 4.29. The van der Waals surface area contributed by atoms with Gasteiger partial charge in [-0.1, -0.05) is 6.58 Å². The van der Waals surface area contributed by atoms with Gasteiger partial charge in [0.2, 0.25) is 17.5 Å². The molecule has 19 heavy (non-hydrogen) atoms. The first kappa shape index (κ1) is 14.7. The first-order valence-electron chi connectivity index (χ1n) is 5.78. The van der Waals surface area contributed by atoms with Crippen LogP contribution in [0, 0.1) is 0 Å². The zero-order valence-electron chi connectivity index (χ0n) is 10.3. The van der Waals surface area contributed by atoms with Gasteiger partial charge in [-0.05, 0) is 18.9 Å². The molecule has 0 aromatic carbocycles. The second kappa shape index (κ2) is 7.15. The van der Waals surface area contributed by atoms with Gasteiger partial charge in [0.1, 0.15) is 0 Å². The van der Waals surface area contributed by atoms with Gasteiger partial charge in [-0.25, -0.2) is 0 Å². The van der Waals surface area contributed by atoms with Crippen LogP contribution in [-0.2, 0) is 19.1 Å². The molecule has 0 saturated carbocycles. The summed E-state index contributed by atoms with van der Waals surface area (Å²) in [6, 6.07) is 0. The fourth-order valence-corrected chi connectivity index (χ4v) is 1.34. The summed E-state index contributed by atoms with van der Waals surface area (Å²) < 4.78 is 5.15. The van der Waals surface area contributed by atoms with Gasteiger partial charge in [-0.15, -0.1) is 0 Å². The van der Waals surface area contributed by atoms with E-state index >= 15 is 0 Å². The van der Waals surface area contributed by atoms with Crippen LogP contribution in [-0.4, -0.2) is 35.7 Å². The largest absolute Gasteiger partial charge is 0.504 e. The van der Waals surface area contributed by atoms with Crippen LogP contribution in [0.4, 0.5) is 0 Å². The Balaban J connectivity index is 2.22. The molecule has 1 aliphatic rings. The smallest absolute Gasteiger partial charge is 0.243 e. The highest BCUT2D eigenvalue weighted by Crippen LogP contribution is 2.11. The molecule has 6 heteroatoms. The molecule has 0 radical (unpaired) electrons. The maximum atomic E-state index is 11.3. The Bertz CT molecular complexity index is 462. The molecule has 0 aromatic rings. The number of aliphatic hydroxyl groups is 1. The standard InChI is InChI=1S/C13H15NO5/c1-2-13(18)14-5-3-4-6-19-12-8-10(16)9(15)7-11(12)17/h2,7-8,15H,1,3-6H2,(H,14,18). The van der Waals surface area contributed by atoms with Crippen molar-refractivity contribution in [3.63, 3.8) is 0 Å². The Morgan fingerprint density at radius 2 is 2.05 bits per heavy atom. The SMILES string of the molecule is C=CC(=O)NCCCCOC1=CC(=O)C(O)=CC1=O. The third kappa shape index (κ3) is 4.79. The minimum Gasteiger partial charge on any atom is -0.504 e. The van der Waals surface area contributed by atoms with Crippen LogP contribution in [0.2, 0.25) is 0 Å². The molecular formula is C13H15NO5. The van der Waals surface area contributed by atoms with Crippen molar-refractivity contribution in [3.8, 4) is 0 Å². The number of ketones is 2. The third-order valence-corrected chi connectivity index (χ3v) is 2.34. The predicted molar refractivity (Wildman–Crippen MR) is 67.2 cm³/mol. The van der Waals surface area contributed by atoms with Crippen molar-refractivity contribution in [1.29, 1.82) is 0 Å². The molecule has 102 valence electrons. The number of ether oxygens (including phenoxy) is 1. The van der Waals surface area contributed by atoms with E-state index in [2.05, 4.69) is 11.9 Å². The second-order valence-corrected chi connectivity index (χ2v) is 3.82. The first-order chi connectivity index (χ1) is 9.04. The van der Waals surface area contributed by atoms with E-state index in [0.29, 0.717) is 19.4 Å². The Labute approximate surface area is 110 Å². The predicted octanol–water partition coefficient (Wildman–Crippen LogP) is 0.563. The summed E-state index contributed by atoms with van der Waals surface area (Å²) in [6.45, 7) is 4.06. The molecular weight excluding hydrogens is 250 g/mol. The van der Waals surface area contributed by atoms with Gasteiger partial charge in [0.05, 0.1) is 6.61 Å². The number of aliphatic hydroxyl groups excluding tert-OH is 1. The first-order valence-corrected chi connectivity index (χ1v) is 5.78. The normalized spacial score (nSPS) is 14.5. The molecule has 0 unspecified atom stereocenters. The monoisotopic (exact) mass is 265 g/mol. The van der Waals surface area contributed by atoms with Crippen LogP contribution in [0.25, 0.3) is 0 Å². The lowest BCUT2D eigenvalue weighted by Gasteiger charge is -2.10. The Kier molecular flexibility index (Phi) is 5.53. The summed E-state index contributed by atoms with van der Waals surface area (Å²) >= 11 is 0. The molecule has 6 nitrogen and oxygen atoms in total. The zero-order valence-corrected chi connectivity index (χ0v) is 10.3. The highest BCUT2D eigenvalue weighted by atomic mass is 16.5. The van der Waals surface area contributed by atoms with E-state index in [1.807, 2.05) is 0 Å². The summed E-state index contributed by atoms with van der Waals surface area (Å²) in [5.74, 6) is -2.07. The lowest BCUT2D eigenvalue weighted by molar-refractivity contribution is -0.119. The van der Waals surface area contributed by atoms with Crippen molar-refractivity contribution in [2.75, 3.05) is 13.2 Å². The van der Waals surface area contributed by atoms with Crippen molar-refractivity contribution < 1.29 is 24.2 Å². The van der Waals surface area contributed by atoms with Crippen LogP contribution in [0.5, 0.6) is 0 Å². The highest BCUT2D eigenvalue weighted by Gasteiger charge is 2.20. The van der Waals surface area contributed by atoms with Gasteiger partial charge < -0.3 is 15.2 Å². The number of unbranched alkanes of at least 4 members (excludes halogenated alkanes) is 1. The average molecular weight is 265 g/mol. The van der Waals surface area contributed by atoms with Crippen LogP contribution >= 0.6 is 0 Å². The molecule has 0 atom stereocenters. The van der Waals surface area contributed by atoms with Crippen LogP contribution in [0.1, 0.15) is 12.8 Å². The average Bonchev–Trinajstić information content (AvgIpc) is 2.38. The maximum absolute atomic E-state index is 11.3. The van der Waals surface area contributed by atoms with Crippen molar-refractivity contribution in [2.45, 2.75) is 12.8 Å². The summed E-state index contributed by atoms with van der Waals surface area (Å²) in [5.41, 5.74) is 0. The third-order valence-electron chi connectivity index (χ3n) is 2.34. The van der Waals surface area contributed by atoms with Crippen molar-refractivity contribution in [1.82, 2.24) is 5.32 Å². The van der Waals surface area contributed by atoms with Crippen molar-refractivity contribution >= 4 is 17.5 Å². The fraction of sp³-hybridized carbons (Fsp3) is 0.308. The number of rotatable bonds is 7. The highest BCUT2D eigenvalue weighted by molar-refractivity contribution is 6.17. The topological polar surface area (TPSA) is 92.7 Å². The molecule has 0 fully saturated rings. The number of carbonyl (C=O) groups is 3. The van der Waals surface area contributed by atoms with Gasteiger partial charge in [0.25, 0.3) is 0 Å². The molecule has 1 aliphatic carbocycles. The number of hydrogen-bond donors (Lipinski definition) is 2. The molecule has 2 N–H and O–H groups in total. The van der Waals surface area contributed by atoms with Gasteiger partial charge in [0.15, 0.2) is 11.5 Å². The quantitative estimate of drug-likeness (QED) is 0.398. The fourth-order valence-electron chi connectivity index (χ4n) is 1.34. The molecule has 0 saturated heterocycles. The molecule has 0 aliphatic heterocycles. The Morgan fingerprint density at radius 3 is 2.74 bits per heavy atom. The summed E-state index contributed by atoms with van der Waals surface area (Å²) in [4.78, 5) is 33.3. The minimum atomic E-state index is -0.646. The number of hydrogen-bond acceptors (Lipinski definition) is 5. The van der Waals surface area contributed by atoms with E-state index in [-0.39, 0.29) is 18.3 Å². The molecule has 0 heterocycles. The zero-order chi connectivity index (χ0) is 14.3. The Hall–Kier alpha value is -2.37. The summed E-state index contributed by atoms with van der Waals surface area (Å²) in [7, 11) is 0. The minimum absolute atomic E-state index is 0.0714. The molecule has 0 spiro atoms. The lowest BCUT2D eigenvalue weighted by atomic mass is 10.1. The number of carbonyl (C=O) groups excluding carboxylic acids is 3. The van der Waals surface area contributed by atoms with E-state index in [9.17, 15) is 14.4 Å². The second-order valence-electron chi connectivity index (χ2n) is 3.82. The summed E-state index contributed by atoms with van der Waals surface area (Å²) in [5, 5.41) is 11.6. The maximum Gasteiger partial charge on any atom is 0.243 e. The van der Waals surface area contributed by atoms with Crippen LogP contribution < -0.4 is 5.32 Å².